The first-order valence-corrected chi connectivity index (χ1v) is 14.1. The van der Waals surface area contributed by atoms with E-state index in [2.05, 4.69) is 28.8 Å². The van der Waals surface area contributed by atoms with Crippen molar-refractivity contribution in [2.24, 2.45) is 5.41 Å². The third kappa shape index (κ3) is 4.25. The van der Waals surface area contributed by atoms with Gasteiger partial charge in [-0.3, -0.25) is 4.79 Å². The number of carbonyl (C=O) groups excluding carboxylic acids is 1. The van der Waals surface area contributed by atoms with Gasteiger partial charge in [-0.2, -0.15) is 5.10 Å². The minimum absolute atomic E-state index is 0.0116. The predicted molar refractivity (Wildman–Crippen MR) is 142 cm³/mol. The van der Waals surface area contributed by atoms with E-state index in [9.17, 15) is 4.79 Å². The van der Waals surface area contributed by atoms with Crippen LogP contribution in [0, 0.1) is 12.3 Å². The quantitative estimate of drug-likeness (QED) is 0.441. The minimum atomic E-state index is -0.0793. The van der Waals surface area contributed by atoms with Crippen LogP contribution >= 0.6 is 23.5 Å². The number of likely N-dealkylation sites (tertiary alicyclic amines) is 1. The number of hydrogen-bond acceptors (Lipinski definition) is 6. The minimum Gasteiger partial charge on any atom is -0.356 e. The Bertz CT molecular complexity index is 1290. The fraction of sp³-hybridized carbons (Fsp3) is 0.500. The molecule has 1 unspecified atom stereocenters. The lowest BCUT2D eigenvalue weighted by atomic mass is 9.98. The normalized spacial score (nSPS) is 21.2. The van der Waals surface area contributed by atoms with Crippen LogP contribution in [0.25, 0.3) is 5.65 Å². The van der Waals surface area contributed by atoms with Crippen LogP contribution in [0.5, 0.6) is 0 Å². The van der Waals surface area contributed by atoms with Crippen molar-refractivity contribution in [3.8, 4) is 0 Å². The first-order chi connectivity index (χ1) is 17.0. The number of halogens is 1. The molecule has 35 heavy (non-hydrogen) atoms. The van der Waals surface area contributed by atoms with E-state index in [0.717, 1.165) is 60.8 Å². The van der Waals surface area contributed by atoms with Gasteiger partial charge in [0.25, 0.3) is 5.91 Å². The molecule has 7 nitrogen and oxygen atoms in total. The summed E-state index contributed by atoms with van der Waals surface area (Å²) in [6.07, 6.45) is 11.0. The van der Waals surface area contributed by atoms with E-state index in [-0.39, 0.29) is 11.9 Å². The summed E-state index contributed by atoms with van der Waals surface area (Å²) in [5.74, 6) is 1.07. The average molecular weight is 511 g/mol. The van der Waals surface area contributed by atoms with Crippen LogP contribution in [-0.4, -0.2) is 51.3 Å². The van der Waals surface area contributed by atoms with Crippen LogP contribution in [0.1, 0.15) is 66.2 Å². The maximum absolute atomic E-state index is 13.8. The monoisotopic (exact) mass is 510 g/mol. The van der Waals surface area contributed by atoms with E-state index < -0.39 is 0 Å². The van der Waals surface area contributed by atoms with Crippen molar-refractivity contribution in [2.75, 3.05) is 35.5 Å². The highest BCUT2D eigenvalue weighted by molar-refractivity contribution is 7.99. The summed E-state index contributed by atoms with van der Waals surface area (Å²) >= 11 is 7.74. The van der Waals surface area contributed by atoms with Crippen molar-refractivity contribution < 1.29 is 4.79 Å². The molecule has 184 valence electrons. The molecule has 2 saturated heterocycles. The van der Waals surface area contributed by atoms with Gasteiger partial charge in [0.15, 0.2) is 5.65 Å². The Labute approximate surface area is 215 Å². The molecule has 1 aliphatic carbocycles. The van der Waals surface area contributed by atoms with Gasteiger partial charge >= 0.3 is 0 Å². The molecule has 0 radical (unpaired) electrons. The van der Waals surface area contributed by atoms with Gasteiger partial charge in [-0.15, -0.1) is 0 Å². The van der Waals surface area contributed by atoms with Gasteiger partial charge < -0.3 is 14.5 Å². The summed E-state index contributed by atoms with van der Waals surface area (Å²) < 4.78 is 5.11. The number of benzene rings is 1. The molecule has 0 bridgehead atoms. The van der Waals surface area contributed by atoms with Crippen LogP contribution in [-0.2, 0) is 0 Å². The zero-order valence-electron chi connectivity index (χ0n) is 20.3. The third-order valence-electron chi connectivity index (χ3n) is 7.85. The molecule has 6 rings (SSSR count). The molecule has 1 amide bonds. The average Bonchev–Trinajstić information content (AvgIpc) is 3.29. The summed E-state index contributed by atoms with van der Waals surface area (Å²) in [4.78, 5) is 23.2. The smallest absolute Gasteiger partial charge is 0.256 e. The molecule has 9 heteroatoms. The molecular formula is C26H31ClN6OS. The molecule has 1 aromatic carbocycles. The predicted octanol–water partition coefficient (Wildman–Crippen LogP) is 5.74. The Morgan fingerprint density at radius 1 is 1.20 bits per heavy atom. The highest BCUT2D eigenvalue weighted by Gasteiger charge is 2.48. The lowest BCUT2D eigenvalue weighted by Crippen LogP contribution is -2.39. The maximum Gasteiger partial charge on any atom is 0.256 e. The molecule has 3 aliphatic rings. The molecule has 3 fully saturated rings. The van der Waals surface area contributed by atoms with Crippen molar-refractivity contribution in [3.05, 3.63) is 52.3 Å². The summed E-state index contributed by atoms with van der Waals surface area (Å²) in [7, 11) is 0. The highest BCUT2D eigenvalue weighted by Crippen LogP contribution is 2.53. The van der Waals surface area contributed by atoms with Gasteiger partial charge in [-0.05, 0) is 69.1 Å². The summed E-state index contributed by atoms with van der Waals surface area (Å²) in [5.41, 5.74) is 4.84. The Kier molecular flexibility index (Phi) is 5.84. The fourth-order valence-corrected chi connectivity index (χ4v) is 6.30. The van der Waals surface area contributed by atoms with Crippen LogP contribution < -0.4 is 9.62 Å². The highest BCUT2D eigenvalue weighted by atomic mass is 35.5. The second kappa shape index (κ2) is 8.89. The first kappa shape index (κ1) is 23.0. The van der Waals surface area contributed by atoms with Crippen LogP contribution in [0.3, 0.4) is 0 Å². The van der Waals surface area contributed by atoms with Crippen molar-refractivity contribution in [1.29, 1.82) is 0 Å². The Morgan fingerprint density at radius 2 is 2.06 bits per heavy atom. The number of hydrogen-bond donors (Lipinski definition) is 1. The summed E-state index contributed by atoms with van der Waals surface area (Å²) in [6.45, 7) is 5.03. The lowest BCUT2D eigenvalue weighted by molar-refractivity contribution is 0.0607. The van der Waals surface area contributed by atoms with Gasteiger partial charge in [0.1, 0.15) is 5.82 Å². The first-order valence-electron chi connectivity index (χ1n) is 12.5. The van der Waals surface area contributed by atoms with Crippen LogP contribution in [0.4, 0.5) is 11.5 Å². The number of carbonyl (C=O) groups is 1. The van der Waals surface area contributed by atoms with E-state index in [4.69, 9.17) is 21.7 Å². The molecular weight excluding hydrogens is 480 g/mol. The number of aryl methyl sites for hydroxylation is 1. The van der Waals surface area contributed by atoms with E-state index in [1.54, 1.807) is 6.07 Å². The van der Waals surface area contributed by atoms with E-state index in [0.29, 0.717) is 22.5 Å². The Balaban J connectivity index is 1.32. The van der Waals surface area contributed by atoms with Gasteiger partial charge in [0.2, 0.25) is 0 Å². The van der Waals surface area contributed by atoms with Gasteiger partial charge in [-0.25, -0.2) is 9.50 Å². The second-order valence-electron chi connectivity index (χ2n) is 10.3. The number of aromatic nitrogens is 3. The van der Waals surface area contributed by atoms with E-state index in [1.807, 2.05) is 27.8 Å². The largest absolute Gasteiger partial charge is 0.356 e. The number of anilines is 2. The topological polar surface area (TPSA) is 65.8 Å². The van der Waals surface area contributed by atoms with Crippen molar-refractivity contribution in [2.45, 2.75) is 51.5 Å². The standard InChI is InChI=1S/C26H31ClN6OS/c1-17-15-33-23(28-24(17)31-12-10-26(16-31)8-9-26)14-21(29-33)22-5-3-4-11-32(22)25(34)19-13-18(27)6-7-20(19)30-35-2/h6-7,13-15,22,30H,3-5,8-12,16H2,1-2H3. The molecule has 2 aliphatic heterocycles. The fourth-order valence-electron chi connectivity index (χ4n) is 5.73. The van der Waals surface area contributed by atoms with Gasteiger partial charge in [-0.1, -0.05) is 23.5 Å². The van der Waals surface area contributed by atoms with Crippen molar-refractivity contribution >= 4 is 46.6 Å². The lowest BCUT2D eigenvalue weighted by Gasteiger charge is -2.35. The Hall–Kier alpha value is -2.45. The maximum atomic E-state index is 13.8. The number of rotatable bonds is 5. The van der Waals surface area contributed by atoms with Crippen molar-refractivity contribution in [1.82, 2.24) is 19.5 Å². The number of nitrogens with zero attached hydrogens (tertiary/aromatic N) is 5. The van der Waals surface area contributed by atoms with Crippen molar-refractivity contribution in [3.63, 3.8) is 0 Å². The summed E-state index contributed by atoms with van der Waals surface area (Å²) in [5, 5.41) is 5.46. The molecule has 4 heterocycles. The van der Waals surface area contributed by atoms with Crippen LogP contribution in [0.15, 0.2) is 30.5 Å². The molecule has 2 aromatic heterocycles. The number of amides is 1. The molecule has 1 atom stereocenters. The summed E-state index contributed by atoms with van der Waals surface area (Å²) in [6, 6.07) is 7.43. The second-order valence-corrected chi connectivity index (χ2v) is 11.3. The number of piperidine rings is 1. The zero-order chi connectivity index (χ0) is 24.2. The molecule has 1 saturated carbocycles. The third-order valence-corrected chi connectivity index (χ3v) is 8.51. The number of fused-ring (bicyclic) bond motifs is 1. The van der Waals surface area contributed by atoms with Crippen LogP contribution in [0.2, 0.25) is 5.02 Å². The SMILES string of the molecule is CSNc1ccc(Cl)cc1C(=O)N1CCCCC1c1cc2nc(N3CCC4(CC4)C3)c(C)cn2n1. The van der Waals surface area contributed by atoms with E-state index in [1.165, 1.54) is 31.2 Å². The molecule has 3 aromatic rings. The number of nitrogens with one attached hydrogen (secondary N) is 1. The molecule has 1 N–H and O–H groups in total. The van der Waals surface area contributed by atoms with Gasteiger partial charge in [0.05, 0.1) is 23.0 Å². The van der Waals surface area contributed by atoms with Gasteiger partial charge in [0, 0.05) is 48.7 Å². The zero-order valence-corrected chi connectivity index (χ0v) is 21.8. The van der Waals surface area contributed by atoms with E-state index >= 15 is 0 Å². The Morgan fingerprint density at radius 3 is 2.83 bits per heavy atom. The molecule has 1 spiro atoms.